The lowest BCUT2D eigenvalue weighted by Crippen LogP contribution is -2.50. The number of morpholine rings is 1. The highest BCUT2D eigenvalue weighted by Crippen LogP contribution is 2.10. The van der Waals surface area contributed by atoms with Crippen LogP contribution in [0, 0.1) is 0 Å². The monoisotopic (exact) mass is 433 g/mol. The molecule has 0 radical (unpaired) electrons. The molecule has 31 heavy (non-hydrogen) atoms. The third-order valence-electron chi connectivity index (χ3n) is 5.65. The van der Waals surface area contributed by atoms with Gasteiger partial charge in [-0.15, -0.1) is 0 Å². The Bertz CT molecular complexity index is 797. The van der Waals surface area contributed by atoms with Crippen molar-refractivity contribution in [1.82, 2.24) is 25.0 Å². The molecule has 2 aliphatic rings. The number of oxazole rings is 1. The molecule has 10 heteroatoms. The minimum absolute atomic E-state index is 0.270. The van der Waals surface area contributed by atoms with Gasteiger partial charge in [0, 0.05) is 52.4 Å². The molecule has 0 spiro atoms. The maximum absolute atomic E-state index is 12.2. The molecule has 2 aromatic rings. The summed E-state index contributed by atoms with van der Waals surface area (Å²) >= 11 is 0. The molecule has 170 valence electrons. The molecule has 1 unspecified atom stereocenters. The molecule has 2 N–H and O–H groups in total. The summed E-state index contributed by atoms with van der Waals surface area (Å²) in [7, 11) is 0. The molecule has 4 rings (SSSR count). The zero-order valence-electron chi connectivity index (χ0n) is 17.7. The maximum atomic E-state index is 12.2. The summed E-state index contributed by atoms with van der Waals surface area (Å²) in [6.45, 7) is 9.05. The zero-order chi connectivity index (χ0) is 21.5. The van der Waals surface area contributed by atoms with Crippen LogP contribution in [0.15, 0.2) is 33.5 Å². The fourth-order valence-corrected chi connectivity index (χ4v) is 3.92. The van der Waals surface area contributed by atoms with Gasteiger partial charge in [0.2, 0.25) is 5.89 Å². The van der Waals surface area contributed by atoms with Gasteiger partial charge in [-0.05, 0) is 12.1 Å². The van der Waals surface area contributed by atoms with Crippen molar-refractivity contribution >= 4 is 5.91 Å². The molecule has 0 bridgehead atoms. The van der Waals surface area contributed by atoms with Gasteiger partial charge >= 0.3 is 0 Å². The second kappa shape index (κ2) is 10.9. The van der Waals surface area contributed by atoms with Crippen LogP contribution in [-0.4, -0.2) is 102 Å². The maximum Gasteiger partial charge on any atom is 0.273 e. The number of carbonyl (C=O) groups excluding carboxylic acids is 1. The van der Waals surface area contributed by atoms with Crippen LogP contribution in [0.1, 0.15) is 22.1 Å². The summed E-state index contributed by atoms with van der Waals surface area (Å²) in [5, 5.41) is 13.2. The Labute approximate surface area is 181 Å². The molecular weight excluding hydrogens is 402 g/mol. The topological polar surface area (TPSA) is 107 Å². The Kier molecular flexibility index (Phi) is 7.71. The van der Waals surface area contributed by atoms with E-state index in [1.54, 1.807) is 18.4 Å². The Morgan fingerprint density at radius 3 is 2.48 bits per heavy atom. The van der Waals surface area contributed by atoms with Gasteiger partial charge < -0.3 is 24.0 Å². The first-order valence-corrected chi connectivity index (χ1v) is 10.8. The number of rotatable bonds is 9. The van der Waals surface area contributed by atoms with E-state index in [1.807, 2.05) is 0 Å². The van der Waals surface area contributed by atoms with E-state index in [1.165, 1.54) is 6.26 Å². The SMILES string of the molecule is O=C(NCc1ccco1)c1coc(CN2CCN(CC(O)CN3CCOCC3)CC2)n1. The van der Waals surface area contributed by atoms with E-state index < -0.39 is 0 Å². The molecule has 4 heterocycles. The summed E-state index contributed by atoms with van der Waals surface area (Å²) in [4.78, 5) is 23.3. The van der Waals surface area contributed by atoms with Crippen LogP contribution in [-0.2, 0) is 17.8 Å². The Balaban J connectivity index is 1.15. The predicted molar refractivity (Wildman–Crippen MR) is 111 cm³/mol. The Morgan fingerprint density at radius 2 is 1.77 bits per heavy atom. The van der Waals surface area contributed by atoms with Gasteiger partial charge in [-0.1, -0.05) is 0 Å². The van der Waals surface area contributed by atoms with Crippen molar-refractivity contribution in [3.8, 4) is 0 Å². The van der Waals surface area contributed by atoms with Crippen LogP contribution in [0.5, 0.6) is 0 Å². The van der Waals surface area contributed by atoms with E-state index in [9.17, 15) is 9.90 Å². The molecular formula is C21H31N5O5. The highest BCUT2D eigenvalue weighted by atomic mass is 16.5. The van der Waals surface area contributed by atoms with Gasteiger partial charge in [-0.3, -0.25) is 19.5 Å². The van der Waals surface area contributed by atoms with Crippen LogP contribution in [0.2, 0.25) is 0 Å². The molecule has 10 nitrogen and oxygen atoms in total. The largest absolute Gasteiger partial charge is 0.467 e. The molecule has 0 aliphatic carbocycles. The van der Waals surface area contributed by atoms with E-state index in [-0.39, 0.29) is 17.7 Å². The van der Waals surface area contributed by atoms with E-state index >= 15 is 0 Å². The van der Waals surface area contributed by atoms with Crippen molar-refractivity contribution in [3.63, 3.8) is 0 Å². The summed E-state index contributed by atoms with van der Waals surface area (Å²) in [6.07, 6.45) is 2.62. The molecule has 0 aromatic carbocycles. The minimum atomic E-state index is -0.348. The third-order valence-corrected chi connectivity index (χ3v) is 5.65. The smallest absolute Gasteiger partial charge is 0.273 e. The fraction of sp³-hybridized carbons (Fsp3) is 0.619. The number of amides is 1. The highest BCUT2D eigenvalue weighted by Gasteiger charge is 2.23. The van der Waals surface area contributed by atoms with Crippen molar-refractivity contribution in [3.05, 3.63) is 42.0 Å². The van der Waals surface area contributed by atoms with Gasteiger partial charge in [-0.2, -0.15) is 0 Å². The predicted octanol–water partition coefficient (Wildman–Crippen LogP) is 0.00830. The molecule has 2 fully saturated rings. The number of β-amino-alcohol motifs (C(OH)–C–C–N with tert-alkyl or cyclic N) is 1. The summed E-state index contributed by atoms with van der Waals surface area (Å²) in [6, 6.07) is 3.58. The number of aliphatic hydroxyl groups is 1. The van der Waals surface area contributed by atoms with Crippen molar-refractivity contribution in [2.75, 3.05) is 65.6 Å². The van der Waals surface area contributed by atoms with Crippen LogP contribution in [0.4, 0.5) is 0 Å². The van der Waals surface area contributed by atoms with Gasteiger partial charge in [0.15, 0.2) is 5.69 Å². The highest BCUT2D eigenvalue weighted by molar-refractivity contribution is 5.91. The van der Waals surface area contributed by atoms with Crippen LogP contribution >= 0.6 is 0 Å². The first-order chi connectivity index (χ1) is 15.2. The number of aromatic nitrogens is 1. The molecule has 1 atom stereocenters. The Morgan fingerprint density at radius 1 is 1.06 bits per heavy atom. The van der Waals surface area contributed by atoms with E-state index in [4.69, 9.17) is 13.6 Å². The lowest BCUT2D eigenvalue weighted by Gasteiger charge is -2.36. The number of piperazine rings is 1. The average molecular weight is 434 g/mol. The number of nitrogens with zero attached hydrogens (tertiary/aromatic N) is 4. The Hall–Kier alpha value is -2.24. The van der Waals surface area contributed by atoms with Crippen molar-refractivity contribution in [1.29, 1.82) is 0 Å². The number of aliphatic hydroxyl groups excluding tert-OH is 1. The normalized spacial score (nSPS) is 20.0. The summed E-state index contributed by atoms with van der Waals surface area (Å²) in [5.74, 6) is 0.930. The standard InChI is InChI=1S/C21H31N5O5/c27-17(14-26-7-10-29-11-8-26)13-24-3-5-25(6-4-24)15-20-23-19(16-31-20)21(28)22-12-18-2-1-9-30-18/h1-2,9,16-17,27H,3-8,10-15H2,(H,22,28). The quantitative estimate of drug-likeness (QED) is 0.565. The fourth-order valence-electron chi connectivity index (χ4n) is 3.92. The number of ether oxygens (including phenoxy) is 1. The number of furan rings is 1. The summed E-state index contributed by atoms with van der Waals surface area (Å²) < 4.78 is 16.1. The van der Waals surface area contributed by atoms with Gasteiger partial charge in [0.1, 0.15) is 12.0 Å². The van der Waals surface area contributed by atoms with Crippen molar-refractivity contribution < 1.29 is 23.5 Å². The number of nitrogens with one attached hydrogen (secondary N) is 1. The van der Waals surface area contributed by atoms with Gasteiger partial charge in [0.05, 0.1) is 38.7 Å². The third kappa shape index (κ3) is 6.62. The summed E-state index contributed by atoms with van der Waals surface area (Å²) in [5.41, 5.74) is 0.270. The number of hydrogen-bond acceptors (Lipinski definition) is 9. The lowest BCUT2D eigenvalue weighted by atomic mass is 10.2. The lowest BCUT2D eigenvalue weighted by molar-refractivity contribution is 0.00187. The first kappa shape index (κ1) is 22.0. The number of carbonyl (C=O) groups is 1. The molecule has 1 amide bonds. The van der Waals surface area contributed by atoms with Crippen LogP contribution in [0.25, 0.3) is 0 Å². The molecule has 0 saturated carbocycles. The van der Waals surface area contributed by atoms with Gasteiger partial charge in [-0.25, -0.2) is 4.98 Å². The van der Waals surface area contributed by atoms with Crippen LogP contribution in [0.3, 0.4) is 0 Å². The molecule has 2 aromatic heterocycles. The first-order valence-electron chi connectivity index (χ1n) is 10.8. The second-order valence-electron chi connectivity index (χ2n) is 8.03. The van der Waals surface area contributed by atoms with E-state index in [0.717, 1.165) is 52.5 Å². The molecule has 2 aliphatic heterocycles. The van der Waals surface area contributed by atoms with E-state index in [2.05, 4.69) is 25.0 Å². The van der Waals surface area contributed by atoms with Crippen LogP contribution < -0.4 is 5.32 Å². The number of hydrogen-bond donors (Lipinski definition) is 2. The second-order valence-corrected chi connectivity index (χ2v) is 8.03. The molecule has 2 saturated heterocycles. The average Bonchev–Trinajstić information content (AvgIpc) is 3.46. The minimum Gasteiger partial charge on any atom is -0.467 e. The van der Waals surface area contributed by atoms with Crippen molar-refractivity contribution in [2.45, 2.75) is 19.2 Å². The van der Waals surface area contributed by atoms with Crippen molar-refractivity contribution in [2.24, 2.45) is 0 Å². The zero-order valence-corrected chi connectivity index (χ0v) is 17.7. The van der Waals surface area contributed by atoms with Gasteiger partial charge in [0.25, 0.3) is 5.91 Å². The van der Waals surface area contributed by atoms with E-state index in [0.29, 0.717) is 37.8 Å².